The number of anilines is 2. The lowest BCUT2D eigenvalue weighted by Crippen LogP contribution is -2.25. The molecule has 0 bridgehead atoms. The monoisotopic (exact) mass is 427 g/mol. The summed E-state index contributed by atoms with van der Waals surface area (Å²) in [5, 5.41) is 11.5. The highest BCUT2D eigenvalue weighted by Gasteiger charge is 2.28. The predicted octanol–water partition coefficient (Wildman–Crippen LogP) is 4.48. The molecule has 2 N–H and O–H groups in total. The molecule has 0 aliphatic heterocycles. The van der Waals surface area contributed by atoms with Crippen LogP contribution >= 0.6 is 11.3 Å². The minimum Gasteiger partial charge on any atom is -0.435 e. The molecule has 1 atom stereocenters. The van der Waals surface area contributed by atoms with E-state index in [9.17, 15) is 9.18 Å². The van der Waals surface area contributed by atoms with Crippen LogP contribution in [0, 0.1) is 5.82 Å². The number of aryl methyl sites for hydroxylation is 1. The number of hydrogen-bond donors (Lipinski definition) is 2. The Morgan fingerprint density at radius 2 is 2.30 bits per heavy atom. The van der Waals surface area contributed by atoms with Gasteiger partial charge in [-0.3, -0.25) is 5.10 Å². The number of nitrogens with zero attached hydrogens (tertiary/aromatic N) is 3. The number of benzene rings is 1. The Labute approximate surface area is 174 Å². The van der Waals surface area contributed by atoms with Crippen LogP contribution < -0.4 is 5.32 Å². The second-order valence-corrected chi connectivity index (χ2v) is 8.07. The van der Waals surface area contributed by atoms with E-state index in [2.05, 4.69) is 25.5 Å². The van der Waals surface area contributed by atoms with Gasteiger partial charge in [-0.2, -0.15) is 5.10 Å². The van der Waals surface area contributed by atoms with E-state index in [1.165, 1.54) is 12.4 Å². The molecule has 154 valence electrons. The number of ether oxygens (including phenoxy) is 2. The molecule has 5 rings (SSSR count). The van der Waals surface area contributed by atoms with Crippen molar-refractivity contribution in [3.8, 4) is 0 Å². The summed E-state index contributed by atoms with van der Waals surface area (Å²) in [6, 6.07) is 3.10. The maximum absolute atomic E-state index is 14.6. The van der Waals surface area contributed by atoms with Gasteiger partial charge in [-0.15, -0.1) is 11.3 Å². The van der Waals surface area contributed by atoms with Crippen LogP contribution in [0.3, 0.4) is 0 Å². The largest absolute Gasteiger partial charge is 0.508 e. The van der Waals surface area contributed by atoms with Gasteiger partial charge in [-0.25, -0.2) is 19.2 Å². The number of carbonyl (C=O) groups excluding carboxylic acids is 1. The molecule has 0 spiro atoms. The van der Waals surface area contributed by atoms with E-state index >= 15 is 0 Å². The van der Waals surface area contributed by atoms with Crippen molar-refractivity contribution in [3.05, 3.63) is 40.9 Å². The van der Waals surface area contributed by atoms with Gasteiger partial charge in [0.1, 0.15) is 28.9 Å². The van der Waals surface area contributed by atoms with Gasteiger partial charge in [-0.05, 0) is 31.4 Å². The number of fused-ring (bicyclic) bond motifs is 4. The molecule has 4 aromatic rings. The van der Waals surface area contributed by atoms with Gasteiger partial charge in [0.05, 0.1) is 29.4 Å². The number of H-pyrrole nitrogens is 1. The third kappa shape index (κ3) is 3.32. The average molecular weight is 427 g/mol. The normalized spacial score (nSPS) is 15.9. The van der Waals surface area contributed by atoms with E-state index in [0.717, 1.165) is 26.0 Å². The first-order valence-electron chi connectivity index (χ1n) is 9.60. The number of aromatic nitrogens is 4. The van der Waals surface area contributed by atoms with E-state index < -0.39 is 12.0 Å². The van der Waals surface area contributed by atoms with Crippen molar-refractivity contribution in [2.24, 2.45) is 0 Å². The number of thiophene rings is 1. The summed E-state index contributed by atoms with van der Waals surface area (Å²) in [7, 11) is 0. The fraction of sp³-hybridized carbons (Fsp3) is 0.300. The van der Waals surface area contributed by atoms with Gasteiger partial charge >= 0.3 is 6.16 Å². The van der Waals surface area contributed by atoms with Crippen LogP contribution in [-0.4, -0.2) is 39.0 Å². The highest BCUT2D eigenvalue weighted by molar-refractivity contribution is 7.19. The van der Waals surface area contributed by atoms with E-state index in [1.807, 2.05) is 0 Å². The highest BCUT2D eigenvalue weighted by Crippen LogP contribution is 2.40. The van der Waals surface area contributed by atoms with E-state index in [4.69, 9.17) is 9.47 Å². The second kappa shape index (κ2) is 7.52. The molecule has 30 heavy (non-hydrogen) atoms. The first-order valence-corrected chi connectivity index (χ1v) is 10.4. The van der Waals surface area contributed by atoms with Crippen LogP contribution in [0.5, 0.6) is 0 Å². The Morgan fingerprint density at radius 1 is 1.40 bits per heavy atom. The minimum atomic E-state index is -0.640. The zero-order chi connectivity index (χ0) is 20.7. The number of nitrogens with one attached hydrogen (secondary N) is 2. The van der Waals surface area contributed by atoms with Crippen molar-refractivity contribution in [2.75, 3.05) is 11.9 Å². The number of rotatable bonds is 4. The van der Waals surface area contributed by atoms with Crippen molar-refractivity contribution in [1.29, 1.82) is 0 Å². The maximum atomic E-state index is 14.6. The molecule has 0 amide bonds. The summed E-state index contributed by atoms with van der Waals surface area (Å²) < 4.78 is 24.8. The van der Waals surface area contributed by atoms with Gasteiger partial charge in [0.25, 0.3) is 0 Å². The van der Waals surface area contributed by atoms with Crippen molar-refractivity contribution in [2.45, 2.75) is 32.3 Å². The fourth-order valence-electron chi connectivity index (χ4n) is 3.75. The molecular weight excluding hydrogens is 409 g/mol. The minimum absolute atomic E-state index is 0.227. The second-order valence-electron chi connectivity index (χ2n) is 6.99. The lowest BCUT2D eigenvalue weighted by molar-refractivity contribution is 0.0223. The van der Waals surface area contributed by atoms with Crippen LogP contribution in [0.15, 0.2) is 24.7 Å². The van der Waals surface area contributed by atoms with Crippen molar-refractivity contribution in [3.63, 3.8) is 0 Å². The molecule has 0 fully saturated rings. The molecule has 8 nitrogen and oxygen atoms in total. The van der Waals surface area contributed by atoms with E-state index in [-0.39, 0.29) is 12.7 Å². The van der Waals surface area contributed by atoms with Crippen LogP contribution in [0.25, 0.3) is 21.1 Å². The number of halogens is 1. The Balaban J connectivity index is 1.47. The average Bonchev–Trinajstić information content (AvgIpc) is 3.32. The van der Waals surface area contributed by atoms with Crippen LogP contribution in [0.4, 0.5) is 20.7 Å². The topological polar surface area (TPSA) is 102 Å². The van der Waals surface area contributed by atoms with E-state index in [0.29, 0.717) is 36.3 Å². The first kappa shape index (κ1) is 18.7. The summed E-state index contributed by atoms with van der Waals surface area (Å²) >= 11 is 1.54. The van der Waals surface area contributed by atoms with Gasteiger partial charge in [0.2, 0.25) is 0 Å². The standard InChI is InChI=1S/C20H18FN5O3S/c1-2-28-20(27)29-11-3-4-12-16(6-11)30-19-17(12)18(22-9-23-19)25-15-5-10-8-24-26-14(10)7-13(15)21/h5,7-9,11H,2-4,6H2,1H3,(H,24,26)(H,22,23,25). The zero-order valence-corrected chi connectivity index (χ0v) is 16.9. The molecular formula is C20H18FN5O3S. The predicted molar refractivity (Wildman–Crippen MR) is 111 cm³/mol. The molecule has 0 saturated heterocycles. The molecule has 0 radical (unpaired) electrons. The molecule has 3 aromatic heterocycles. The quantitative estimate of drug-likeness (QED) is 0.463. The third-order valence-electron chi connectivity index (χ3n) is 5.11. The Morgan fingerprint density at radius 3 is 3.17 bits per heavy atom. The summed E-state index contributed by atoms with van der Waals surface area (Å²) in [5.74, 6) is 0.162. The Bertz CT molecular complexity index is 1250. The Hall–Kier alpha value is -3.27. The van der Waals surface area contributed by atoms with Crippen LogP contribution in [0.1, 0.15) is 23.8 Å². The molecule has 1 aromatic carbocycles. The van der Waals surface area contributed by atoms with Crippen molar-refractivity contribution >= 4 is 50.1 Å². The highest BCUT2D eigenvalue weighted by atomic mass is 32.1. The van der Waals surface area contributed by atoms with Crippen LogP contribution in [0.2, 0.25) is 0 Å². The zero-order valence-electron chi connectivity index (χ0n) is 16.1. The smallest absolute Gasteiger partial charge is 0.435 e. The Kier molecular flexibility index (Phi) is 4.70. The summed E-state index contributed by atoms with van der Waals surface area (Å²) in [4.78, 5) is 22.3. The van der Waals surface area contributed by atoms with Gasteiger partial charge in [0.15, 0.2) is 0 Å². The molecule has 1 aliphatic rings. The van der Waals surface area contributed by atoms with Gasteiger partial charge < -0.3 is 14.8 Å². The fourth-order valence-corrected chi connectivity index (χ4v) is 5.00. The molecule has 0 saturated carbocycles. The van der Waals surface area contributed by atoms with Crippen molar-refractivity contribution in [1.82, 2.24) is 20.2 Å². The van der Waals surface area contributed by atoms with Gasteiger partial charge in [-0.1, -0.05) is 0 Å². The molecule has 1 aliphatic carbocycles. The summed E-state index contributed by atoms with van der Waals surface area (Å²) in [6.45, 7) is 2.03. The number of hydrogen-bond acceptors (Lipinski definition) is 8. The number of aromatic amines is 1. The SMILES string of the molecule is CCOC(=O)OC1CCc2c(sc3ncnc(Nc4cc5cn[nH]c5cc4F)c23)C1. The third-order valence-corrected chi connectivity index (χ3v) is 6.27. The molecule has 3 heterocycles. The lowest BCUT2D eigenvalue weighted by Gasteiger charge is -2.22. The van der Waals surface area contributed by atoms with Crippen molar-refractivity contribution < 1.29 is 18.7 Å². The van der Waals surface area contributed by atoms with Gasteiger partial charge in [0, 0.05) is 22.8 Å². The first-order chi connectivity index (χ1) is 14.6. The number of carbonyl (C=O) groups is 1. The summed E-state index contributed by atoms with van der Waals surface area (Å²) in [6.07, 6.45) is 4.24. The molecule has 10 heteroatoms. The van der Waals surface area contributed by atoms with E-state index in [1.54, 1.807) is 30.5 Å². The van der Waals surface area contributed by atoms with Crippen LogP contribution in [-0.2, 0) is 22.3 Å². The lowest BCUT2D eigenvalue weighted by atomic mass is 9.94. The molecule has 1 unspecified atom stereocenters. The summed E-state index contributed by atoms with van der Waals surface area (Å²) in [5.41, 5.74) is 2.07. The maximum Gasteiger partial charge on any atom is 0.508 e.